The van der Waals surface area contributed by atoms with E-state index in [4.69, 9.17) is 10.6 Å². The van der Waals surface area contributed by atoms with Crippen LogP contribution in [0.25, 0.3) is 0 Å². The van der Waals surface area contributed by atoms with Crippen molar-refractivity contribution in [2.45, 2.75) is 30.9 Å². The molecule has 2 atom stereocenters. The average molecular weight is 647 g/mol. The first kappa shape index (κ1) is 30.3. The summed E-state index contributed by atoms with van der Waals surface area (Å²) in [5.41, 5.74) is 2.53. The Morgan fingerprint density at radius 1 is 1.14 bits per heavy atom. The highest BCUT2D eigenvalue weighted by molar-refractivity contribution is 8.00. The van der Waals surface area contributed by atoms with E-state index in [0.29, 0.717) is 0 Å². The van der Waals surface area contributed by atoms with E-state index in [-0.39, 0.29) is 33.3 Å². The number of carbonyl (C=O) groups excluding carboxylic acids is 4. The number of β-lactam (4-membered cyclic amide) rings is 1. The molecule has 3 aliphatic heterocycles. The average Bonchev–Trinajstić information content (AvgIpc) is 3.48. The molecule has 7 N–H and O–H groups in total. The van der Waals surface area contributed by atoms with Crippen LogP contribution < -0.4 is 11.1 Å². The second-order valence-electron chi connectivity index (χ2n) is 10.1. The third kappa shape index (κ3) is 5.04. The van der Waals surface area contributed by atoms with E-state index in [1.807, 2.05) is 0 Å². The van der Waals surface area contributed by atoms with E-state index < -0.39 is 82.0 Å². The van der Waals surface area contributed by atoms with E-state index in [1.54, 1.807) is 0 Å². The van der Waals surface area contributed by atoms with Gasteiger partial charge in [-0.25, -0.2) is 14.6 Å². The van der Waals surface area contributed by atoms with Crippen molar-refractivity contribution in [1.82, 2.24) is 20.1 Å². The number of imide groups is 1. The van der Waals surface area contributed by atoms with E-state index >= 15 is 0 Å². The summed E-state index contributed by atoms with van der Waals surface area (Å²) in [7, 11) is 0. The zero-order chi connectivity index (χ0) is 32.2. The number of anilines is 1. The third-order valence-electron chi connectivity index (χ3n) is 6.81. The first-order chi connectivity index (χ1) is 20.6. The van der Waals surface area contributed by atoms with Crippen LogP contribution in [0.1, 0.15) is 40.3 Å². The summed E-state index contributed by atoms with van der Waals surface area (Å²) in [6.45, 7) is 1.90. The maximum Gasteiger partial charge on any atom is 0.352 e. The summed E-state index contributed by atoms with van der Waals surface area (Å²) >= 11 is 2.03. The molecule has 4 heterocycles. The number of phenols is 2. The molecule has 17 nitrogen and oxygen atoms in total. The van der Waals surface area contributed by atoms with Gasteiger partial charge in [0.25, 0.3) is 23.6 Å². The van der Waals surface area contributed by atoms with Gasteiger partial charge in [-0.1, -0.05) is 5.16 Å². The predicted molar refractivity (Wildman–Crippen MR) is 151 cm³/mol. The van der Waals surface area contributed by atoms with Crippen LogP contribution in [0.2, 0.25) is 0 Å². The number of hydrogen-bond donors (Lipinski definition) is 6. The van der Waals surface area contributed by atoms with Crippen LogP contribution in [-0.2, 0) is 24.0 Å². The lowest BCUT2D eigenvalue weighted by Crippen LogP contribution is -2.71. The maximum absolute atomic E-state index is 13.2. The number of nitrogens with zero attached hydrogens (tertiary/aromatic N) is 4. The molecule has 4 amide bonds. The number of aromatic nitrogens is 1. The molecule has 19 heteroatoms. The second-order valence-corrected chi connectivity index (χ2v) is 12.1. The number of rotatable bonds is 9. The van der Waals surface area contributed by atoms with Gasteiger partial charge >= 0.3 is 11.9 Å². The van der Waals surface area contributed by atoms with Gasteiger partial charge in [0, 0.05) is 11.1 Å². The molecular formula is C25H22N6O11S2. The van der Waals surface area contributed by atoms with Gasteiger partial charge in [0.2, 0.25) is 5.60 Å². The fourth-order valence-corrected chi connectivity index (χ4v) is 6.35. The van der Waals surface area contributed by atoms with Crippen LogP contribution in [0, 0.1) is 0 Å². The van der Waals surface area contributed by atoms with E-state index in [9.17, 15) is 49.2 Å². The SMILES string of the molecule is CC(C)(O/N=C(\C(=O)N[C@@H]1C(=O)N2C(C(=O)O)=C(CN3C(=O)c4cc(O)c(O)cc4C3=O)CS[C@H]12)c1csc(N)n1)C(=O)O. The number of benzene rings is 1. The zero-order valence-corrected chi connectivity index (χ0v) is 24.3. The normalized spacial score (nSPS) is 19.9. The Balaban J connectivity index is 1.37. The molecule has 0 saturated carbocycles. The highest BCUT2D eigenvalue weighted by Gasteiger charge is 2.55. The highest BCUT2D eigenvalue weighted by atomic mass is 32.2. The minimum Gasteiger partial charge on any atom is -0.504 e. The number of nitrogens with two attached hydrogens (primary N) is 1. The van der Waals surface area contributed by atoms with Crippen molar-refractivity contribution in [2.75, 3.05) is 18.0 Å². The van der Waals surface area contributed by atoms with Gasteiger partial charge in [-0.2, -0.15) is 0 Å². The smallest absolute Gasteiger partial charge is 0.352 e. The van der Waals surface area contributed by atoms with Gasteiger partial charge in [0.1, 0.15) is 22.8 Å². The third-order valence-corrected chi connectivity index (χ3v) is 8.82. The molecule has 1 fully saturated rings. The Morgan fingerprint density at radius 2 is 1.75 bits per heavy atom. The molecule has 0 bridgehead atoms. The van der Waals surface area contributed by atoms with Gasteiger partial charge in [-0.3, -0.25) is 29.0 Å². The number of carboxylic acid groups (broad SMARTS) is 2. The summed E-state index contributed by atoms with van der Waals surface area (Å²) < 4.78 is 0. The van der Waals surface area contributed by atoms with Gasteiger partial charge in [-0.15, -0.1) is 23.1 Å². The molecule has 0 radical (unpaired) electrons. The molecular weight excluding hydrogens is 624 g/mol. The number of amides is 4. The summed E-state index contributed by atoms with van der Waals surface area (Å²) in [5.74, 6) is -7.60. The number of aromatic hydroxyl groups is 2. The molecule has 230 valence electrons. The number of fused-ring (bicyclic) bond motifs is 2. The molecule has 1 aromatic heterocycles. The Morgan fingerprint density at radius 3 is 2.27 bits per heavy atom. The fraction of sp³-hybridized carbons (Fsp3) is 0.280. The maximum atomic E-state index is 13.2. The molecule has 0 spiro atoms. The lowest BCUT2D eigenvalue weighted by Gasteiger charge is -2.49. The topological polar surface area (TPSA) is 262 Å². The Hall–Kier alpha value is -5.17. The number of carbonyl (C=O) groups is 6. The number of aliphatic carboxylic acids is 2. The molecule has 5 rings (SSSR count). The number of phenolic OH excluding ortho intramolecular Hbond substituents is 2. The summed E-state index contributed by atoms with van der Waals surface area (Å²) in [6, 6.07) is 0.628. The number of carboxylic acids is 2. The van der Waals surface area contributed by atoms with Crippen LogP contribution in [0.4, 0.5) is 5.13 Å². The van der Waals surface area contributed by atoms with E-state index in [1.165, 1.54) is 19.2 Å². The van der Waals surface area contributed by atoms with Crippen molar-refractivity contribution in [3.63, 3.8) is 0 Å². The number of nitrogens with one attached hydrogen (secondary N) is 1. The van der Waals surface area contributed by atoms with Crippen molar-refractivity contribution >= 4 is 69.5 Å². The van der Waals surface area contributed by atoms with Crippen LogP contribution in [0.5, 0.6) is 11.5 Å². The van der Waals surface area contributed by atoms with Gasteiger partial charge in [0.15, 0.2) is 22.3 Å². The van der Waals surface area contributed by atoms with Crippen molar-refractivity contribution < 1.29 is 54.0 Å². The standard InChI is InChI=1S/C25H22N6O11S2/c1-25(2,23(40)41)42-29-14(11-7-44-24(26)27-11)17(34)28-15-20(37)31-16(22(38)39)8(6-43-21(15)31)5-30-18(35)9-3-12(32)13(33)4-10(9)19(30)36/h3-4,7,15,21,32-33H,5-6H2,1-2H3,(H2,26,27)(H,28,34)(H,38,39)(H,40,41)/b29-14-/t15-,21-/m1/s1. The summed E-state index contributed by atoms with van der Waals surface area (Å²) in [4.78, 5) is 86.6. The second kappa shape index (κ2) is 10.8. The summed E-state index contributed by atoms with van der Waals surface area (Å²) in [6.07, 6.45) is 0. The highest BCUT2D eigenvalue weighted by Crippen LogP contribution is 2.41. The van der Waals surface area contributed by atoms with Crippen LogP contribution in [-0.4, -0.2) is 106 Å². The van der Waals surface area contributed by atoms with Crippen molar-refractivity contribution in [3.8, 4) is 11.5 Å². The Kier molecular flexibility index (Phi) is 7.46. The van der Waals surface area contributed by atoms with Gasteiger partial charge < -0.3 is 36.3 Å². The zero-order valence-electron chi connectivity index (χ0n) is 22.6. The molecule has 44 heavy (non-hydrogen) atoms. The fourth-order valence-electron chi connectivity index (χ4n) is 4.46. The predicted octanol–water partition coefficient (Wildman–Crippen LogP) is -0.245. The van der Waals surface area contributed by atoms with Crippen LogP contribution in [0.15, 0.2) is 33.9 Å². The molecule has 2 aromatic rings. The quantitative estimate of drug-likeness (QED) is 0.0675. The first-order valence-electron chi connectivity index (χ1n) is 12.5. The largest absolute Gasteiger partial charge is 0.504 e. The molecule has 3 aliphatic rings. The number of oxime groups is 1. The van der Waals surface area contributed by atoms with Crippen molar-refractivity contribution in [2.24, 2.45) is 5.16 Å². The van der Waals surface area contributed by atoms with Crippen LogP contribution in [0.3, 0.4) is 0 Å². The Labute approximate surface area is 254 Å². The number of nitrogen functional groups attached to an aromatic ring is 1. The lowest BCUT2D eigenvalue weighted by molar-refractivity contribution is -0.161. The molecule has 1 saturated heterocycles. The van der Waals surface area contributed by atoms with Crippen molar-refractivity contribution in [3.05, 3.63) is 45.6 Å². The Bertz CT molecular complexity index is 1690. The van der Waals surface area contributed by atoms with Gasteiger partial charge in [0.05, 0.1) is 17.7 Å². The number of thioether (sulfide) groups is 1. The van der Waals surface area contributed by atoms with Gasteiger partial charge in [-0.05, 0) is 31.6 Å². The monoisotopic (exact) mass is 646 g/mol. The van der Waals surface area contributed by atoms with E-state index in [0.717, 1.165) is 45.0 Å². The summed E-state index contributed by atoms with van der Waals surface area (Å²) in [5, 5.41) is 45.5. The number of hydrogen-bond acceptors (Lipinski definition) is 14. The molecule has 0 aliphatic carbocycles. The molecule has 1 aromatic carbocycles. The number of thiazole rings is 1. The minimum absolute atomic E-state index is 0.0498. The van der Waals surface area contributed by atoms with Crippen LogP contribution >= 0.6 is 23.1 Å². The van der Waals surface area contributed by atoms with Crippen molar-refractivity contribution in [1.29, 1.82) is 0 Å². The molecule has 0 unspecified atom stereocenters. The van der Waals surface area contributed by atoms with E-state index in [2.05, 4.69) is 15.5 Å². The lowest BCUT2D eigenvalue weighted by atomic mass is 10.0. The minimum atomic E-state index is -1.83. The first-order valence-corrected chi connectivity index (χ1v) is 14.4.